The van der Waals surface area contributed by atoms with E-state index in [1.165, 1.54) is 35.0 Å². The zero-order valence-electron chi connectivity index (χ0n) is 10.0. The van der Waals surface area contributed by atoms with E-state index in [0.717, 1.165) is 12.3 Å². The van der Waals surface area contributed by atoms with Gasteiger partial charge in [0.15, 0.2) is 0 Å². The van der Waals surface area contributed by atoms with Crippen LogP contribution in [0.15, 0.2) is 5.38 Å². The highest BCUT2D eigenvalue weighted by Crippen LogP contribution is 2.27. The lowest BCUT2D eigenvalue weighted by atomic mass is 10.1. The fraction of sp³-hybridized carbons (Fsp3) is 0.750. The van der Waals surface area contributed by atoms with E-state index < -0.39 is 0 Å². The lowest BCUT2D eigenvalue weighted by Crippen LogP contribution is -2.23. The minimum absolute atomic E-state index is 0.525. The Morgan fingerprint density at radius 3 is 3.19 bits per heavy atom. The van der Waals surface area contributed by atoms with Gasteiger partial charge in [0.05, 0.1) is 10.7 Å². The molecule has 0 saturated carbocycles. The molecule has 1 aliphatic rings. The molecule has 1 fully saturated rings. The summed E-state index contributed by atoms with van der Waals surface area (Å²) in [5, 5.41) is 6.82. The molecule has 2 unspecified atom stereocenters. The van der Waals surface area contributed by atoms with Crippen molar-refractivity contribution >= 4 is 23.1 Å². The molecule has 2 rings (SSSR count). The van der Waals surface area contributed by atoms with E-state index in [4.69, 9.17) is 4.98 Å². The van der Waals surface area contributed by atoms with Crippen molar-refractivity contribution < 1.29 is 0 Å². The molecule has 2 atom stereocenters. The first-order valence-electron chi connectivity index (χ1n) is 5.96. The van der Waals surface area contributed by atoms with Gasteiger partial charge in [-0.05, 0) is 37.8 Å². The number of rotatable bonds is 5. The average molecular weight is 256 g/mol. The number of nitrogens with one attached hydrogen (secondary N) is 1. The van der Waals surface area contributed by atoms with Gasteiger partial charge in [-0.2, -0.15) is 11.8 Å². The first-order valence-corrected chi connectivity index (χ1v) is 7.99. The maximum atomic E-state index is 4.73. The smallest absolute Gasteiger partial charge is 0.0931 e. The van der Waals surface area contributed by atoms with Gasteiger partial charge in [0.25, 0.3) is 0 Å². The molecule has 1 aromatic rings. The number of nitrogens with zero attached hydrogens (tertiary/aromatic N) is 1. The van der Waals surface area contributed by atoms with Crippen molar-refractivity contribution in [1.82, 2.24) is 10.3 Å². The van der Waals surface area contributed by atoms with E-state index in [1.807, 2.05) is 18.4 Å². The van der Waals surface area contributed by atoms with Gasteiger partial charge in [-0.15, -0.1) is 11.3 Å². The van der Waals surface area contributed by atoms with Gasteiger partial charge < -0.3 is 5.32 Å². The van der Waals surface area contributed by atoms with E-state index in [2.05, 4.69) is 29.4 Å². The number of likely N-dealkylation sites (N-methyl/N-ethyl adjacent to an activating group) is 1. The molecule has 0 aromatic carbocycles. The molecule has 2 heterocycles. The SMILES string of the molecule is CNC(C)Cc1csc(CC2CCSC2)n1. The fourth-order valence-corrected chi connectivity index (χ4v) is 4.15. The normalized spacial score (nSPS) is 22.5. The second-order valence-electron chi connectivity index (χ2n) is 4.56. The van der Waals surface area contributed by atoms with Crippen LogP contribution in [0.5, 0.6) is 0 Å². The van der Waals surface area contributed by atoms with E-state index in [1.54, 1.807) is 0 Å². The van der Waals surface area contributed by atoms with Crippen molar-refractivity contribution in [3.05, 3.63) is 16.1 Å². The highest BCUT2D eigenvalue weighted by atomic mass is 32.2. The van der Waals surface area contributed by atoms with Crippen LogP contribution in [0.3, 0.4) is 0 Å². The molecule has 0 aliphatic carbocycles. The van der Waals surface area contributed by atoms with Crippen LogP contribution < -0.4 is 5.32 Å². The van der Waals surface area contributed by atoms with Crippen molar-refractivity contribution in [3.8, 4) is 0 Å². The molecule has 1 aromatic heterocycles. The summed E-state index contributed by atoms with van der Waals surface area (Å²) in [5.41, 5.74) is 1.26. The third-order valence-electron chi connectivity index (χ3n) is 3.09. The van der Waals surface area contributed by atoms with Gasteiger partial charge in [-0.25, -0.2) is 4.98 Å². The predicted molar refractivity (Wildman–Crippen MR) is 73.5 cm³/mol. The topological polar surface area (TPSA) is 24.9 Å². The number of aromatic nitrogens is 1. The van der Waals surface area contributed by atoms with Gasteiger partial charge in [-0.3, -0.25) is 0 Å². The van der Waals surface area contributed by atoms with Crippen LogP contribution in [0.25, 0.3) is 0 Å². The molecular weight excluding hydrogens is 236 g/mol. The monoisotopic (exact) mass is 256 g/mol. The second-order valence-corrected chi connectivity index (χ2v) is 6.65. The third kappa shape index (κ3) is 3.47. The Balaban J connectivity index is 1.86. The van der Waals surface area contributed by atoms with Crippen LogP contribution >= 0.6 is 23.1 Å². The number of thioether (sulfide) groups is 1. The van der Waals surface area contributed by atoms with Crippen LogP contribution in [-0.4, -0.2) is 29.6 Å². The van der Waals surface area contributed by atoms with Crippen LogP contribution in [0, 0.1) is 5.92 Å². The van der Waals surface area contributed by atoms with Gasteiger partial charge in [0, 0.05) is 24.3 Å². The average Bonchev–Trinajstić information content (AvgIpc) is 2.91. The Bertz CT molecular complexity index is 319. The quantitative estimate of drug-likeness (QED) is 0.876. The molecule has 0 spiro atoms. The molecule has 90 valence electrons. The summed E-state index contributed by atoms with van der Waals surface area (Å²) < 4.78 is 0. The molecule has 2 nitrogen and oxygen atoms in total. The molecule has 1 N–H and O–H groups in total. The van der Waals surface area contributed by atoms with E-state index in [-0.39, 0.29) is 0 Å². The van der Waals surface area contributed by atoms with E-state index >= 15 is 0 Å². The number of hydrogen-bond acceptors (Lipinski definition) is 4. The summed E-state index contributed by atoms with van der Waals surface area (Å²) in [5.74, 6) is 3.56. The van der Waals surface area contributed by atoms with Crippen LogP contribution in [0.2, 0.25) is 0 Å². The minimum atomic E-state index is 0.525. The summed E-state index contributed by atoms with van der Waals surface area (Å²) in [6.07, 6.45) is 3.63. The zero-order chi connectivity index (χ0) is 11.4. The van der Waals surface area contributed by atoms with Crippen molar-refractivity contribution in [2.45, 2.75) is 32.2 Å². The molecule has 0 radical (unpaired) electrons. The fourth-order valence-electron chi connectivity index (χ4n) is 1.94. The first-order chi connectivity index (χ1) is 7.78. The van der Waals surface area contributed by atoms with Crippen LogP contribution in [0.4, 0.5) is 0 Å². The van der Waals surface area contributed by atoms with Gasteiger partial charge in [-0.1, -0.05) is 0 Å². The Kier molecular flexibility index (Phi) is 4.67. The van der Waals surface area contributed by atoms with Gasteiger partial charge in [0.2, 0.25) is 0 Å². The Morgan fingerprint density at radius 1 is 1.62 bits per heavy atom. The molecule has 16 heavy (non-hydrogen) atoms. The molecule has 1 saturated heterocycles. The van der Waals surface area contributed by atoms with Gasteiger partial charge in [0.1, 0.15) is 0 Å². The van der Waals surface area contributed by atoms with Crippen LogP contribution in [0.1, 0.15) is 24.0 Å². The molecule has 4 heteroatoms. The van der Waals surface area contributed by atoms with Crippen molar-refractivity contribution in [2.75, 3.05) is 18.6 Å². The summed E-state index contributed by atoms with van der Waals surface area (Å²) >= 11 is 3.93. The van der Waals surface area contributed by atoms with Gasteiger partial charge >= 0.3 is 0 Å². The zero-order valence-corrected chi connectivity index (χ0v) is 11.7. The standard InChI is InChI=1S/C12H20N2S2/c1-9(13-2)5-11-8-16-12(14-11)6-10-3-4-15-7-10/h8-10,13H,3-7H2,1-2H3. The summed E-state index contributed by atoms with van der Waals surface area (Å²) in [6, 6.07) is 0.525. The summed E-state index contributed by atoms with van der Waals surface area (Å²) in [7, 11) is 2.01. The van der Waals surface area contributed by atoms with Crippen molar-refractivity contribution in [3.63, 3.8) is 0 Å². The summed E-state index contributed by atoms with van der Waals surface area (Å²) in [4.78, 5) is 4.73. The largest absolute Gasteiger partial charge is 0.317 e. The number of hydrogen-bond donors (Lipinski definition) is 1. The summed E-state index contributed by atoms with van der Waals surface area (Å²) in [6.45, 7) is 2.20. The predicted octanol–water partition coefficient (Wildman–Crippen LogP) is 2.59. The Hall–Kier alpha value is -0.0600. The number of thiazole rings is 1. The second kappa shape index (κ2) is 6.03. The van der Waals surface area contributed by atoms with Crippen molar-refractivity contribution in [2.24, 2.45) is 5.92 Å². The molecule has 0 bridgehead atoms. The van der Waals surface area contributed by atoms with E-state index in [9.17, 15) is 0 Å². The molecule has 1 aliphatic heterocycles. The molecular formula is C12H20N2S2. The Labute approximate surface area is 106 Å². The van der Waals surface area contributed by atoms with E-state index in [0.29, 0.717) is 6.04 Å². The maximum Gasteiger partial charge on any atom is 0.0931 e. The first kappa shape index (κ1) is 12.4. The highest BCUT2D eigenvalue weighted by molar-refractivity contribution is 7.99. The highest BCUT2D eigenvalue weighted by Gasteiger charge is 2.17. The third-order valence-corrected chi connectivity index (χ3v) is 5.25. The maximum absolute atomic E-state index is 4.73. The lowest BCUT2D eigenvalue weighted by molar-refractivity contribution is 0.584. The Morgan fingerprint density at radius 2 is 2.50 bits per heavy atom. The lowest BCUT2D eigenvalue weighted by Gasteiger charge is -2.07. The van der Waals surface area contributed by atoms with Crippen molar-refractivity contribution in [1.29, 1.82) is 0 Å². The minimum Gasteiger partial charge on any atom is -0.317 e. The van der Waals surface area contributed by atoms with Crippen LogP contribution in [-0.2, 0) is 12.8 Å². The molecule has 0 amide bonds.